The van der Waals surface area contributed by atoms with Crippen LogP contribution in [0.2, 0.25) is 0 Å². The van der Waals surface area contributed by atoms with E-state index in [1.54, 1.807) is 36.5 Å². The van der Waals surface area contributed by atoms with Gasteiger partial charge < -0.3 is 15.3 Å². The molecule has 98 valence electrons. The van der Waals surface area contributed by atoms with Crippen LogP contribution in [0, 0.1) is 5.92 Å². The zero-order chi connectivity index (χ0) is 13.0. The zero-order valence-electron chi connectivity index (χ0n) is 10.5. The van der Waals surface area contributed by atoms with Gasteiger partial charge in [-0.3, -0.25) is 4.98 Å². The molecule has 1 heterocycles. The zero-order valence-corrected chi connectivity index (χ0v) is 10.5. The monoisotopic (exact) mass is 249 g/mol. The topological polar surface area (TPSA) is 65.5 Å². The third kappa shape index (κ3) is 3.20. The second kappa shape index (κ2) is 5.82. The van der Waals surface area contributed by atoms with E-state index in [-0.39, 0.29) is 18.1 Å². The molecule has 2 atom stereocenters. The molecule has 1 fully saturated rings. The van der Waals surface area contributed by atoms with Crippen molar-refractivity contribution in [3.8, 4) is 0 Å². The number of rotatable bonds is 3. The van der Waals surface area contributed by atoms with E-state index in [0.29, 0.717) is 12.2 Å². The summed E-state index contributed by atoms with van der Waals surface area (Å²) in [5, 5.41) is 12.5. The van der Waals surface area contributed by atoms with Gasteiger partial charge in [-0.15, -0.1) is 0 Å². The Morgan fingerprint density at radius 3 is 3.06 bits per heavy atom. The average molecular weight is 249 g/mol. The lowest BCUT2D eigenvalue weighted by Gasteiger charge is -2.23. The first-order valence-electron chi connectivity index (χ1n) is 6.27. The summed E-state index contributed by atoms with van der Waals surface area (Å²) in [6.07, 6.45) is 5.89. The highest BCUT2D eigenvalue weighted by atomic mass is 16.3. The maximum atomic E-state index is 11.9. The van der Waals surface area contributed by atoms with Crippen LogP contribution in [0.3, 0.4) is 0 Å². The lowest BCUT2D eigenvalue weighted by molar-refractivity contribution is 0.116. The Bertz CT molecular complexity index is 396. The van der Waals surface area contributed by atoms with Crippen LogP contribution in [0.1, 0.15) is 19.3 Å². The molecular formula is C13H19N3O2. The molecule has 1 aliphatic carbocycles. The number of aromatic nitrogens is 1. The summed E-state index contributed by atoms with van der Waals surface area (Å²) in [5.74, 6) is 0.203. The smallest absolute Gasteiger partial charge is 0.321 e. The molecular weight excluding hydrogens is 230 g/mol. The Labute approximate surface area is 107 Å². The van der Waals surface area contributed by atoms with E-state index < -0.39 is 0 Å². The molecule has 0 spiro atoms. The first-order valence-corrected chi connectivity index (χ1v) is 6.27. The molecule has 0 saturated heterocycles. The molecule has 1 saturated carbocycles. The van der Waals surface area contributed by atoms with Crippen LogP contribution in [0.25, 0.3) is 0 Å². The van der Waals surface area contributed by atoms with Crippen LogP contribution >= 0.6 is 0 Å². The number of pyridine rings is 1. The Balaban J connectivity index is 1.85. The number of hydrogen-bond donors (Lipinski definition) is 2. The lowest BCUT2D eigenvalue weighted by Crippen LogP contribution is -2.37. The fourth-order valence-corrected chi connectivity index (χ4v) is 2.32. The third-order valence-electron chi connectivity index (χ3n) is 3.39. The predicted molar refractivity (Wildman–Crippen MR) is 69.2 cm³/mol. The highest BCUT2D eigenvalue weighted by molar-refractivity contribution is 5.88. The minimum Gasteiger partial charge on any atom is -0.393 e. The van der Waals surface area contributed by atoms with Gasteiger partial charge in [0, 0.05) is 25.7 Å². The van der Waals surface area contributed by atoms with E-state index >= 15 is 0 Å². The first-order chi connectivity index (χ1) is 8.66. The summed E-state index contributed by atoms with van der Waals surface area (Å²) in [6, 6.07) is 3.40. The normalized spacial score (nSPS) is 22.8. The van der Waals surface area contributed by atoms with Gasteiger partial charge in [0.05, 0.1) is 18.0 Å². The van der Waals surface area contributed by atoms with Crippen molar-refractivity contribution in [3.63, 3.8) is 0 Å². The Morgan fingerprint density at radius 2 is 2.44 bits per heavy atom. The maximum absolute atomic E-state index is 11.9. The van der Waals surface area contributed by atoms with Gasteiger partial charge in [-0.25, -0.2) is 4.79 Å². The molecule has 2 unspecified atom stereocenters. The van der Waals surface area contributed by atoms with Crippen LogP contribution in [0.15, 0.2) is 24.5 Å². The molecule has 0 radical (unpaired) electrons. The summed E-state index contributed by atoms with van der Waals surface area (Å²) >= 11 is 0. The molecule has 18 heavy (non-hydrogen) atoms. The standard InChI is InChI=1S/C13H19N3O2/c1-16(9-10-4-2-6-12(10)17)13(18)15-11-5-3-7-14-8-11/h3,5,7-8,10,12,17H,2,4,6,9H2,1H3,(H,15,18). The Morgan fingerprint density at radius 1 is 1.61 bits per heavy atom. The van der Waals surface area contributed by atoms with Gasteiger partial charge in [0.2, 0.25) is 0 Å². The van der Waals surface area contributed by atoms with Crippen molar-refractivity contribution in [3.05, 3.63) is 24.5 Å². The van der Waals surface area contributed by atoms with Crippen LogP contribution in [0.4, 0.5) is 10.5 Å². The van der Waals surface area contributed by atoms with Crippen molar-refractivity contribution in [1.29, 1.82) is 0 Å². The Hall–Kier alpha value is -1.62. The second-order valence-electron chi connectivity index (χ2n) is 4.81. The van der Waals surface area contributed by atoms with Gasteiger partial charge in [0.1, 0.15) is 0 Å². The minimum absolute atomic E-state index is 0.165. The van der Waals surface area contributed by atoms with Crippen molar-refractivity contribution in [2.24, 2.45) is 5.92 Å². The first kappa shape index (κ1) is 12.8. The van der Waals surface area contributed by atoms with Crippen LogP contribution in [-0.2, 0) is 0 Å². The fourth-order valence-electron chi connectivity index (χ4n) is 2.32. The van der Waals surface area contributed by atoms with Gasteiger partial charge in [0.15, 0.2) is 0 Å². The van der Waals surface area contributed by atoms with Crippen molar-refractivity contribution in [2.75, 3.05) is 18.9 Å². The second-order valence-corrected chi connectivity index (χ2v) is 4.81. The number of urea groups is 1. The summed E-state index contributed by atoms with van der Waals surface area (Å²) in [4.78, 5) is 17.5. The molecule has 5 heteroatoms. The van der Waals surface area contributed by atoms with Gasteiger partial charge in [-0.2, -0.15) is 0 Å². The fraction of sp³-hybridized carbons (Fsp3) is 0.538. The number of carbonyl (C=O) groups is 1. The number of aliphatic hydroxyl groups is 1. The van der Waals surface area contributed by atoms with Gasteiger partial charge >= 0.3 is 6.03 Å². The molecule has 0 bridgehead atoms. The maximum Gasteiger partial charge on any atom is 0.321 e. The number of hydrogen-bond acceptors (Lipinski definition) is 3. The molecule has 2 rings (SSSR count). The SMILES string of the molecule is CN(CC1CCCC1O)C(=O)Nc1cccnc1. The number of nitrogens with one attached hydrogen (secondary N) is 1. The summed E-state index contributed by atoms with van der Waals surface area (Å²) in [5.41, 5.74) is 0.682. The number of amides is 2. The van der Waals surface area contributed by atoms with Crippen molar-refractivity contribution in [1.82, 2.24) is 9.88 Å². The summed E-state index contributed by atoms with van der Waals surface area (Å²) in [7, 11) is 1.75. The molecule has 5 nitrogen and oxygen atoms in total. The number of carbonyl (C=O) groups excluding carboxylic acids is 1. The van der Waals surface area contributed by atoms with Crippen molar-refractivity contribution >= 4 is 11.7 Å². The van der Waals surface area contributed by atoms with E-state index in [1.807, 2.05) is 0 Å². The molecule has 2 amide bonds. The molecule has 2 N–H and O–H groups in total. The molecule has 0 aromatic carbocycles. The van der Waals surface area contributed by atoms with Crippen LogP contribution < -0.4 is 5.32 Å². The van der Waals surface area contributed by atoms with E-state index in [9.17, 15) is 9.90 Å². The van der Waals surface area contributed by atoms with Crippen molar-refractivity contribution < 1.29 is 9.90 Å². The van der Waals surface area contributed by atoms with E-state index in [4.69, 9.17) is 0 Å². The molecule has 0 aliphatic heterocycles. The van der Waals surface area contributed by atoms with Gasteiger partial charge in [-0.05, 0) is 25.0 Å². The van der Waals surface area contributed by atoms with E-state index in [1.165, 1.54) is 0 Å². The third-order valence-corrected chi connectivity index (χ3v) is 3.39. The van der Waals surface area contributed by atoms with E-state index in [0.717, 1.165) is 19.3 Å². The lowest BCUT2D eigenvalue weighted by atomic mass is 10.1. The largest absolute Gasteiger partial charge is 0.393 e. The number of nitrogens with zero attached hydrogens (tertiary/aromatic N) is 2. The van der Waals surface area contributed by atoms with Crippen molar-refractivity contribution in [2.45, 2.75) is 25.4 Å². The van der Waals surface area contributed by atoms with Crippen LogP contribution in [-0.4, -0.2) is 40.7 Å². The predicted octanol–water partition coefficient (Wildman–Crippen LogP) is 1.71. The number of aliphatic hydroxyl groups excluding tert-OH is 1. The summed E-state index contributed by atoms with van der Waals surface area (Å²) < 4.78 is 0. The highest BCUT2D eigenvalue weighted by Crippen LogP contribution is 2.26. The molecule has 1 aromatic rings. The number of anilines is 1. The summed E-state index contributed by atoms with van der Waals surface area (Å²) in [6.45, 7) is 0.591. The molecule has 1 aromatic heterocycles. The van der Waals surface area contributed by atoms with Gasteiger partial charge in [-0.1, -0.05) is 6.42 Å². The van der Waals surface area contributed by atoms with E-state index in [2.05, 4.69) is 10.3 Å². The minimum atomic E-state index is -0.265. The Kier molecular flexibility index (Phi) is 4.15. The average Bonchev–Trinajstić information content (AvgIpc) is 2.76. The quantitative estimate of drug-likeness (QED) is 0.857. The highest BCUT2D eigenvalue weighted by Gasteiger charge is 2.27. The van der Waals surface area contributed by atoms with Gasteiger partial charge in [0.25, 0.3) is 0 Å². The molecule has 1 aliphatic rings. The van der Waals surface area contributed by atoms with Crippen LogP contribution in [0.5, 0.6) is 0 Å².